The number of hydrogen-bond acceptors (Lipinski definition) is 4. The van der Waals surface area contributed by atoms with Gasteiger partial charge in [0.2, 0.25) is 0 Å². The molecule has 108 valence electrons. The van der Waals surface area contributed by atoms with Crippen molar-refractivity contribution in [2.45, 2.75) is 32.7 Å². The lowest BCUT2D eigenvalue weighted by Gasteiger charge is -2.09. The van der Waals surface area contributed by atoms with E-state index < -0.39 is 4.92 Å². The molecule has 0 aromatic heterocycles. The third-order valence-corrected chi connectivity index (χ3v) is 3.59. The fraction of sp³-hybridized carbons (Fsp3) is 0.500. The normalized spacial score (nSPS) is 20.3. The van der Waals surface area contributed by atoms with Gasteiger partial charge in [0.15, 0.2) is 0 Å². The van der Waals surface area contributed by atoms with Crippen LogP contribution in [0, 0.1) is 16.0 Å². The second kappa shape index (κ2) is 5.90. The summed E-state index contributed by atoms with van der Waals surface area (Å²) in [4.78, 5) is 22.9. The van der Waals surface area contributed by atoms with Crippen LogP contribution >= 0.6 is 0 Å². The number of nitrogens with one attached hydrogen (secondary N) is 2. The van der Waals surface area contributed by atoms with E-state index in [1.165, 1.54) is 6.07 Å². The maximum absolute atomic E-state index is 12.2. The van der Waals surface area contributed by atoms with Crippen LogP contribution in [0.25, 0.3) is 0 Å². The quantitative estimate of drug-likeness (QED) is 0.618. The highest BCUT2D eigenvalue weighted by Crippen LogP contribution is 2.34. The number of nitro groups is 1. The van der Waals surface area contributed by atoms with Crippen LogP contribution in [0.15, 0.2) is 18.2 Å². The highest BCUT2D eigenvalue weighted by atomic mass is 16.6. The zero-order valence-corrected chi connectivity index (χ0v) is 11.7. The number of hydrogen-bond donors (Lipinski definition) is 2. The summed E-state index contributed by atoms with van der Waals surface area (Å²) in [6, 6.07) is 4.93. The van der Waals surface area contributed by atoms with Gasteiger partial charge in [-0.15, -0.1) is 0 Å². The second-order valence-corrected chi connectivity index (χ2v) is 4.97. The average molecular weight is 277 g/mol. The average Bonchev–Trinajstić information content (AvgIpc) is 3.16. The molecule has 2 N–H and O–H groups in total. The molecule has 1 aromatic carbocycles. The molecule has 1 aromatic rings. The van der Waals surface area contributed by atoms with Crippen molar-refractivity contribution < 1.29 is 9.72 Å². The van der Waals surface area contributed by atoms with Gasteiger partial charge in [-0.2, -0.15) is 0 Å². The fourth-order valence-electron chi connectivity index (χ4n) is 2.38. The van der Waals surface area contributed by atoms with E-state index in [9.17, 15) is 14.9 Å². The molecule has 2 unspecified atom stereocenters. The molecule has 1 fully saturated rings. The zero-order chi connectivity index (χ0) is 14.7. The molecule has 6 nitrogen and oxygen atoms in total. The minimum Gasteiger partial charge on any atom is -0.380 e. The lowest BCUT2D eigenvalue weighted by Crippen LogP contribution is -2.27. The minimum absolute atomic E-state index is 0.121. The van der Waals surface area contributed by atoms with Gasteiger partial charge in [0.1, 0.15) is 11.3 Å². The Kier molecular flexibility index (Phi) is 4.22. The van der Waals surface area contributed by atoms with E-state index in [0.717, 1.165) is 12.8 Å². The molecule has 20 heavy (non-hydrogen) atoms. The van der Waals surface area contributed by atoms with Crippen LogP contribution in [0.3, 0.4) is 0 Å². The highest BCUT2D eigenvalue weighted by molar-refractivity contribution is 6.00. The van der Waals surface area contributed by atoms with Gasteiger partial charge >= 0.3 is 5.69 Å². The summed E-state index contributed by atoms with van der Waals surface area (Å²) < 4.78 is 0. The van der Waals surface area contributed by atoms with E-state index in [2.05, 4.69) is 17.6 Å². The van der Waals surface area contributed by atoms with E-state index in [1.54, 1.807) is 12.1 Å². The predicted molar refractivity (Wildman–Crippen MR) is 76.9 cm³/mol. The Hall–Kier alpha value is -2.11. The number of nitro benzene ring substituents is 1. The first-order valence-corrected chi connectivity index (χ1v) is 6.90. The molecule has 0 bridgehead atoms. The van der Waals surface area contributed by atoms with Crippen LogP contribution < -0.4 is 10.6 Å². The van der Waals surface area contributed by atoms with Crippen molar-refractivity contribution in [2.24, 2.45) is 5.92 Å². The second-order valence-electron chi connectivity index (χ2n) is 4.97. The van der Waals surface area contributed by atoms with Crippen molar-refractivity contribution in [3.05, 3.63) is 33.9 Å². The van der Waals surface area contributed by atoms with Crippen molar-refractivity contribution in [2.75, 3.05) is 11.9 Å². The first kappa shape index (κ1) is 14.3. The largest absolute Gasteiger partial charge is 0.380 e. The third kappa shape index (κ3) is 2.89. The number of carbonyl (C=O) groups excluding carboxylic acids is 1. The van der Waals surface area contributed by atoms with E-state index in [0.29, 0.717) is 18.2 Å². The van der Waals surface area contributed by atoms with Crippen molar-refractivity contribution in [3.63, 3.8) is 0 Å². The molecule has 2 atom stereocenters. The molecule has 1 aliphatic carbocycles. The Labute approximate surface area is 117 Å². The molecular weight excluding hydrogens is 258 g/mol. The summed E-state index contributed by atoms with van der Waals surface area (Å²) in [7, 11) is 0. The Bertz CT molecular complexity index is 530. The number of carbonyl (C=O) groups is 1. The van der Waals surface area contributed by atoms with Crippen LogP contribution in [0.2, 0.25) is 0 Å². The SMILES string of the molecule is CCNc1cccc(C(=O)NC2CC2CC)c1[N+](=O)[O-]. The summed E-state index contributed by atoms with van der Waals surface area (Å²) >= 11 is 0. The van der Waals surface area contributed by atoms with E-state index >= 15 is 0 Å². The van der Waals surface area contributed by atoms with Crippen molar-refractivity contribution in [1.29, 1.82) is 0 Å². The molecular formula is C14H19N3O3. The van der Waals surface area contributed by atoms with Gasteiger partial charge in [-0.1, -0.05) is 19.4 Å². The van der Waals surface area contributed by atoms with Crippen molar-refractivity contribution in [1.82, 2.24) is 5.32 Å². The smallest absolute Gasteiger partial charge is 0.305 e. The molecule has 6 heteroatoms. The number of rotatable bonds is 6. The molecule has 0 spiro atoms. The monoisotopic (exact) mass is 277 g/mol. The third-order valence-electron chi connectivity index (χ3n) is 3.59. The number of amides is 1. The number of para-hydroxylation sites is 1. The molecule has 1 saturated carbocycles. The molecule has 1 amide bonds. The van der Waals surface area contributed by atoms with E-state index in [-0.39, 0.29) is 23.2 Å². The van der Waals surface area contributed by atoms with Gasteiger partial charge in [0.25, 0.3) is 5.91 Å². The number of anilines is 1. The standard InChI is InChI=1S/C14H19N3O3/c1-3-9-8-12(9)16-14(18)10-6-5-7-11(15-4-2)13(10)17(19)20/h5-7,9,12,15H,3-4,8H2,1-2H3,(H,16,18). The van der Waals surface area contributed by atoms with Crippen LogP contribution in [0.5, 0.6) is 0 Å². The molecule has 1 aliphatic rings. The number of nitrogens with zero attached hydrogens (tertiary/aromatic N) is 1. The van der Waals surface area contributed by atoms with Crippen LogP contribution in [0.1, 0.15) is 37.0 Å². The summed E-state index contributed by atoms with van der Waals surface area (Å²) in [5.41, 5.74) is 0.351. The maximum Gasteiger partial charge on any atom is 0.305 e. The topological polar surface area (TPSA) is 84.3 Å². The van der Waals surface area contributed by atoms with Crippen molar-refractivity contribution in [3.8, 4) is 0 Å². The summed E-state index contributed by atoms with van der Waals surface area (Å²) in [6.45, 7) is 4.49. The van der Waals surface area contributed by atoms with Gasteiger partial charge in [-0.3, -0.25) is 14.9 Å². The van der Waals surface area contributed by atoms with E-state index in [1.807, 2.05) is 6.92 Å². The zero-order valence-electron chi connectivity index (χ0n) is 11.7. The molecule has 0 heterocycles. The highest BCUT2D eigenvalue weighted by Gasteiger charge is 2.37. The Morgan fingerprint density at radius 1 is 1.45 bits per heavy atom. The molecule has 0 aliphatic heterocycles. The lowest BCUT2D eigenvalue weighted by molar-refractivity contribution is -0.384. The summed E-state index contributed by atoms with van der Waals surface area (Å²) in [5.74, 6) is 0.146. The predicted octanol–water partition coefficient (Wildman–Crippen LogP) is 2.55. The van der Waals surface area contributed by atoms with Crippen LogP contribution in [-0.2, 0) is 0 Å². The van der Waals surface area contributed by atoms with Gasteiger partial charge in [-0.25, -0.2) is 0 Å². The van der Waals surface area contributed by atoms with Gasteiger partial charge in [0.05, 0.1) is 4.92 Å². The van der Waals surface area contributed by atoms with Gasteiger partial charge in [-0.05, 0) is 31.4 Å². The fourth-order valence-corrected chi connectivity index (χ4v) is 2.38. The van der Waals surface area contributed by atoms with Gasteiger partial charge < -0.3 is 10.6 Å². The first-order valence-electron chi connectivity index (χ1n) is 6.90. The maximum atomic E-state index is 12.2. The first-order chi connectivity index (χ1) is 9.58. The summed E-state index contributed by atoms with van der Waals surface area (Å²) in [5, 5.41) is 17.0. The van der Waals surface area contributed by atoms with Crippen LogP contribution in [-0.4, -0.2) is 23.4 Å². The Balaban J connectivity index is 2.23. The van der Waals surface area contributed by atoms with Crippen LogP contribution in [0.4, 0.5) is 11.4 Å². The van der Waals surface area contributed by atoms with E-state index in [4.69, 9.17) is 0 Å². The Morgan fingerprint density at radius 2 is 2.20 bits per heavy atom. The number of benzene rings is 1. The minimum atomic E-state index is -0.503. The Morgan fingerprint density at radius 3 is 2.75 bits per heavy atom. The van der Waals surface area contributed by atoms with Gasteiger partial charge in [0, 0.05) is 12.6 Å². The molecule has 0 saturated heterocycles. The van der Waals surface area contributed by atoms with Crippen molar-refractivity contribution >= 4 is 17.3 Å². The summed E-state index contributed by atoms with van der Waals surface area (Å²) in [6.07, 6.45) is 1.98. The molecule has 0 radical (unpaired) electrons. The lowest BCUT2D eigenvalue weighted by atomic mass is 10.1. The molecule has 2 rings (SSSR count).